The third-order valence-electron chi connectivity index (χ3n) is 3.97. The van der Waals surface area contributed by atoms with Gasteiger partial charge in [0.15, 0.2) is 0 Å². The van der Waals surface area contributed by atoms with E-state index in [0.29, 0.717) is 0 Å². The van der Waals surface area contributed by atoms with Gasteiger partial charge in [-0.2, -0.15) is 0 Å². The van der Waals surface area contributed by atoms with Crippen molar-refractivity contribution in [1.82, 2.24) is 4.90 Å². The zero-order valence-electron chi connectivity index (χ0n) is 11.4. The molecule has 0 N–H and O–H groups in total. The Bertz CT molecular complexity index is 364. The number of nitrogens with zero attached hydrogens (tertiary/aromatic N) is 1. The van der Waals surface area contributed by atoms with Crippen molar-refractivity contribution in [1.29, 1.82) is 0 Å². The number of alkyl halides is 1. The first kappa shape index (κ1) is 13.9. The fraction of sp³-hybridized carbons (Fsp3) is 0.625. The normalized spacial score (nSPS) is 18.1. The molecule has 0 bridgehead atoms. The van der Waals surface area contributed by atoms with E-state index in [1.807, 2.05) is 0 Å². The highest BCUT2D eigenvalue weighted by atomic mass is 35.5. The average Bonchev–Trinajstić information content (AvgIpc) is 2.58. The lowest BCUT2D eigenvalue weighted by Gasteiger charge is -2.22. The van der Waals surface area contributed by atoms with Crippen LogP contribution in [-0.2, 0) is 13.0 Å². The Labute approximate surface area is 116 Å². The molecule has 0 fully saturated rings. The van der Waals surface area contributed by atoms with Crippen LogP contribution in [0.15, 0.2) is 24.3 Å². The molecule has 1 nitrogen and oxygen atoms in total. The zero-order valence-corrected chi connectivity index (χ0v) is 12.1. The first-order valence-electron chi connectivity index (χ1n) is 7.14. The van der Waals surface area contributed by atoms with Crippen molar-refractivity contribution in [2.75, 3.05) is 19.0 Å². The summed E-state index contributed by atoms with van der Waals surface area (Å²) in [6, 6.07) is 8.90. The van der Waals surface area contributed by atoms with E-state index in [4.69, 9.17) is 11.6 Å². The molecule has 0 radical (unpaired) electrons. The van der Waals surface area contributed by atoms with Gasteiger partial charge in [-0.3, -0.25) is 4.90 Å². The SMILES string of the molecule is CC(CCCl)CCN1CCCc2ccccc2C1. The highest BCUT2D eigenvalue weighted by molar-refractivity contribution is 6.17. The molecule has 2 heteroatoms. The molecule has 1 atom stereocenters. The van der Waals surface area contributed by atoms with Crippen molar-refractivity contribution in [3.05, 3.63) is 35.4 Å². The molecule has 1 unspecified atom stereocenters. The van der Waals surface area contributed by atoms with Gasteiger partial charge in [0.1, 0.15) is 0 Å². The van der Waals surface area contributed by atoms with Crippen LogP contribution in [-0.4, -0.2) is 23.9 Å². The molecule has 1 aromatic carbocycles. The van der Waals surface area contributed by atoms with E-state index in [1.54, 1.807) is 5.56 Å². The predicted molar refractivity (Wildman–Crippen MR) is 79.2 cm³/mol. The first-order valence-corrected chi connectivity index (χ1v) is 7.68. The lowest BCUT2D eigenvalue weighted by atomic mass is 10.0. The first-order chi connectivity index (χ1) is 8.79. The molecular formula is C16H24ClN. The van der Waals surface area contributed by atoms with E-state index < -0.39 is 0 Å². The predicted octanol–water partition coefficient (Wildman–Crippen LogP) is 4.09. The summed E-state index contributed by atoms with van der Waals surface area (Å²) in [5.41, 5.74) is 3.08. The van der Waals surface area contributed by atoms with Crippen LogP contribution in [0.5, 0.6) is 0 Å². The van der Waals surface area contributed by atoms with Gasteiger partial charge in [0, 0.05) is 12.4 Å². The topological polar surface area (TPSA) is 3.24 Å². The fourth-order valence-electron chi connectivity index (χ4n) is 2.69. The van der Waals surface area contributed by atoms with Gasteiger partial charge in [-0.25, -0.2) is 0 Å². The van der Waals surface area contributed by atoms with Crippen molar-refractivity contribution in [3.63, 3.8) is 0 Å². The van der Waals surface area contributed by atoms with E-state index in [0.717, 1.165) is 24.8 Å². The minimum atomic E-state index is 0.751. The van der Waals surface area contributed by atoms with Crippen LogP contribution < -0.4 is 0 Å². The van der Waals surface area contributed by atoms with Crippen LogP contribution in [0.3, 0.4) is 0 Å². The van der Waals surface area contributed by atoms with Crippen molar-refractivity contribution < 1.29 is 0 Å². The summed E-state index contributed by atoms with van der Waals surface area (Å²) in [6.45, 7) is 5.90. The van der Waals surface area contributed by atoms with Crippen molar-refractivity contribution in [3.8, 4) is 0 Å². The summed E-state index contributed by atoms with van der Waals surface area (Å²) in [5.74, 6) is 1.55. The maximum absolute atomic E-state index is 5.80. The molecular weight excluding hydrogens is 242 g/mol. The third kappa shape index (κ3) is 4.00. The number of halogens is 1. The Kier molecular flexibility index (Phi) is 5.52. The number of hydrogen-bond donors (Lipinski definition) is 0. The Morgan fingerprint density at radius 2 is 2.00 bits per heavy atom. The van der Waals surface area contributed by atoms with Gasteiger partial charge in [-0.15, -0.1) is 11.6 Å². The standard InChI is InChI=1S/C16H24ClN/c1-14(8-10-17)9-12-18-11-4-7-15-5-2-3-6-16(15)13-18/h2-3,5-6,14H,4,7-13H2,1H3. The van der Waals surface area contributed by atoms with Crippen LogP contribution in [0, 0.1) is 5.92 Å². The smallest absolute Gasteiger partial charge is 0.0236 e. The number of hydrogen-bond acceptors (Lipinski definition) is 1. The van der Waals surface area contributed by atoms with Gasteiger partial charge in [0.25, 0.3) is 0 Å². The number of fused-ring (bicyclic) bond motifs is 1. The quantitative estimate of drug-likeness (QED) is 0.725. The van der Waals surface area contributed by atoms with E-state index in [9.17, 15) is 0 Å². The largest absolute Gasteiger partial charge is 0.299 e. The molecule has 2 rings (SSSR count). The number of aryl methyl sites for hydroxylation is 1. The van der Waals surface area contributed by atoms with E-state index in [-0.39, 0.29) is 0 Å². The summed E-state index contributed by atoms with van der Waals surface area (Å²) >= 11 is 5.80. The summed E-state index contributed by atoms with van der Waals surface area (Å²) in [4.78, 5) is 2.61. The molecule has 0 saturated heterocycles. The summed E-state index contributed by atoms with van der Waals surface area (Å²) < 4.78 is 0. The van der Waals surface area contributed by atoms with Crippen molar-refractivity contribution >= 4 is 11.6 Å². The Morgan fingerprint density at radius 1 is 1.22 bits per heavy atom. The molecule has 1 aliphatic heterocycles. The Morgan fingerprint density at radius 3 is 2.78 bits per heavy atom. The lowest BCUT2D eigenvalue weighted by Crippen LogP contribution is -2.25. The molecule has 0 aliphatic carbocycles. The second-order valence-corrected chi connectivity index (χ2v) is 5.90. The van der Waals surface area contributed by atoms with Crippen LogP contribution in [0.4, 0.5) is 0 Å². The third-order valence-corrected chi connectivity index (χ3v) is 4.19. The van der Waals surface area contributed by atoms with Gasteiger partial charge < -0.3 is 0 Å². The van der Waals surface area contributed by atoms with Crippen LogP contribution in [0.1, 0.15) is 37.3 Å². The number of benzene rings is 1. The lowest BCUT2D eigenvalue weighted by molar-refractivity contribution is 0.249. The zero-order chi connectivity index (χ0) is 12.8. The van der Waals surface area contributed by atoms with Gasteiger partial charge in [-0.05, 0) is 55.8 Å². The molecule has 0 spiro atoms. The van der Waals surface area contributed by atoms with Crippen LogP contribution in [0.2, 0.25) is 0 Å². The molecule has 0 amide bonds. The molecule has 0 saturated carbocycles. The average molecular weight is 266 g/mol. The van der Waals surface area contributed by atoms with Crippen LogP contribution >= 0.6 is 11.6 Å². The van der Waals surface area contributed by atoms with Crippen LogP contribution in [0.25, 0.3) is 0 Å². The maximum Gasteiger partial charge on any atom is 0.0236 e. The summed E-state index contributed by atoms with van der Waals surface area (Å²) in [7, 11) is 0. The fourth-order valence-corrected chi connectivity index (χ4v) is 3.07. The molecule has 1 aliphatic rings. The van der Waals surface area contributed by atoms with E-state index >= 15 is 0 Å². The van der Waals surface area contributed by atoms with Crippen molar-refractivity contribution in [2.24, 2.45) is 5.92 Å². The highest BCUT2D eigenvalue weighted by Crippen LogP contribution is 2.19. The molecule has 0 aromatic heterocycles. The Hall–Kier alpha value is -0.530. The maximum atomic E-state index is 5.80. The summed E-state index contributed by atoms with van der Waals surface area (Å²) in [6.07, 6.45) is 4.95. The van der Waals surface area contributed by atoms with Crippen molar-refractivity contribution in [2.45, 2.75) is 39.2 Å². The molecule has 100 valence electrons. The van der Waals surface area contributed by atoms with E-state index in [1.165, 1.54) is 37.9 Å². The molecule has 1 heterocycles. The minimum Gasteiger partial charge on any atom is -0.299 e. The van der Waals surface area contributed by atoms with Gasteiger partial charge >= 0.3 is 0 Å². The monoisotopic (exact) mass is 265 g/mol. The van der Waals surface area contributed by atoms with Gasteiger partial charge in [0.05, 0.1) is 0 Å². The Balaban J connectivity index is 1.88. The second kappa shape index (κ2) is 7.16. The highest BCUT2D eigenvalue weighted by Gasteiger charge is 2.14. The number of rotatable bonds is 5. The molecule has 1 aromatic rings. The van der Waals surface area contributed by atoms with E-state index in [2.05, 4.69) is 36.1 Å². The molecule has 18 heavy (non-hydrogen) atoms. The minimum absolute atomic E-state index is 0.751. The summed E-state index contributed by atoms with van der Waals surface area (Å²) in [5, 5.41) is 0. The van der Waals surface area contributed by atoms with Gasteiger partial charge in [-0.1, -0.05) is 31.2 Å². The van der Waals surface area contributed by atoms with Gasteiger partial charge in [0.2, 0.25) is 0 Å². The second-order valence-electron chi connectivity index (χ2n) is 5.52.